The van der Waals surface area contributed by atoms with Crippen LogP contribution in [-0.4, -0.2) is 32.7 Å². The van der Waals surface area contributed by atoms with Crippen LogP contribution < -0.4 is 15.8 Å². The maximum atomic E-state index is 11.4. The Hall–Kier alpha value is -2.09. The fraction of sp³-hybridized carbons (Fsp3) is 0.273. The molecule has 7 nitrogen and oxygen atoms in total. The van der Waals surface area contributed by atoms with Crippen molar-refractivity contribution in [1.29, 1.82) is 0 Å². The zero-order valence-corrected chi connectivity index (χ0v) is 11.2. The minimum absolute atomic E-state index is 0.147. The molecule has 0 bridgehead atoms. The second-order valence-electron chi connectivity index (χ2n) is 3.86. The summed E-state index contributed by atoms with van der Waals surface area (Å²) in [7, 11) is -3.28. The number of carbonyl (C=O) groups excluding carboxylic acids is 2. The highest BCUT2D eigenvalue weighted by Crippen LogP contribution is 2.16. The molecular formula is C11H14N2O5S. The molecule has 3 N–H and O–H groups in total. The summed E-state index contributed by atoms with van der Waals surface area (Å²) in [5.74, 6) is -0.376. The van der Waals surface area contributed by atoms with Gasteiger partial charge in [-0.05, 0) is 31.2 Å². The zero-order valence-electron chi connectivity index (χ0n) is 10.4. The van der Waals surface area contributed by atoms with Crippen molar-refractivity contribution in [2.75, 3.05) is 6.26 Å². The second kappa shape index (κ2) is 5.70. The summed E-state index contributed by atoms with van der Waals surface area (Å²) in [5.41, 5.74) is 4.80. The molecule has 0 radical (unpaired) electrons. The maximum absolute atomic E-state index is 11.4. The van der Waals surface area contributed by atoms with Crippen LogP contribution >= 0.6 is 0 Å². The molecule has 0 fully saturated rings. The molecule has 0 unspecified atom stereocenters. The molecule has 0 saturated heterocycles. The van der Waals surface area contributed by atoms with Crippen molar-refractivity contribution < 1.29 is 22.7 Å². The Morgan fingerprint density at radius 2 is 1.79 bits per heavy atom. The number of sulfone groups is 1. The van der Waals surface area contributed by atoms with E-state index in [2.05, 4.69) is 0 Å². The molecule has 0 aromatic heterocycles. The highest BCUT2D eigenvalue weighted by molar-refractivity contribution is 7.90. The number of ether oxygens (including phenoxy) is 1. The van der Waals surface area contributed by atoms with Crippen LogP contribution in [0, 0.1) is 0 Å². The van der Waals surface area contributed by atoms with Crippen LogP contribution in [0.15, 0.2) is 29.2 Å². The molecule has 0 aliphatic heterocycles. The van der Waals surface area contributed by atoms with Crippen LogP contribution in [0.4, 0.5) is 4.79 Å². The van der Waals surface area contributed by atoms with Crippen LogP contribution in [0.3, 0.4) is 0 Å². The zero-order chi connectivity index (χ0) is 14.6. The lowest BCUT2D eigenvalue weighted by atomic mass is 10.3. The summed E-state index contributed by atoms with van der Waals surface area (Å²) < 4.78 is 27.7. The summed E-state index contributed by atoms with van der Waals surface area (Å²) in [6.45, 7) is 1.43. The predicted octanol–water partition coefficient (Wildman–Crippen LogP) is 0.0523. The van der Waals surface area contributed by atoms with Crippen molar-refractivity contribution >= 4 is 21.8 Å². The van der Waals surface area contributed by atoms with Crippen molar-refractivity contribution in [3.05, 3.63) is 24.3 Å². The highest BCUT2D eigenvalue weighted by atomic mass is 32.2. The van der Waals surface area contributed by atoms with Crippen LogP contribution in [0.2, 0.25) is 0 Å². The second-order valence-corrected chi connectivity index (χ2v) is 5.87. The number of nitrogens with two attached hydrogens (primary N) is 1. The number of primary amides is 1. The normalized spacial score (nSPS) is 12.5. The number of urea groups is 1. The molecule has 1 aromatic rings. The minimum atomic E-state index is -3.28. The Morgan fingerprint density at radius 1 is 1.26 bits per heavy atom. The van der Waals surface area contributed by atoms with E-state index in [9.17, 15) is 18.0 Å². The Bertz CT molecular complexity index is 580. The lowest BCUT2D eigenvalue weighted by molar-refractivity contribution is -0.126. The Labute approximate surface area is 110 Å². The van der Waals surface area contributed by atoms with Gasteiger partial charge in [0.1, 0.15) is 5.75 Å². The Balaban J connectivity index is 2.73. The first-order valence-corrected chi connectivity index (χ1v) is 7.16. The highest BCUT2D eigenvalue weighted by Gasteiger charge is 2.16. The number of nitrogens with one attached hydrogen (secondary N) is 1. The minimum Gasteiger partial charge on any atom is -0.481 e. The third-order valence-corrected chi connectivity index (χ3v) is 3.31. The molecule has 0 heterocycles. The van der Waals surface area contributed by atoms with Gasteiger partial charge in [-0.25, -0.2) is 13.2 Å². The van der Waals surface area contributed by atoms with E-state index >= 15 is 0 Å². The molecule has 0 saturated carbocycles. The Kier molecular flexibility index (Phi) is 4.49. The topological polar surface area (TPSA) is 116 Å². The van der Waals surface area contributed by atoms with Gasteiger partial charge in [-0.2, -0.15) is 0 Å². The lowest BCUT2D eigenvalue weighted by Gasteiger charge is -2.13. The van der Waals surface area contributed by atoms with Gasteiger partial charge in [0.2, 0.25) is 0 Å². The maximum Gasteiger partial charge on any atom is 0.318 e. The summed E-state index contributed by atoms with van der Waals surface area (Å²) in [5, 5.41) is 1.88. The van der Waals surface area contributed by atoms with Gasteiger partial charge in [0.05, 0.1) is 4.90 Å². The van der Waals surface area contributed by atoms with Gasteiger partial charge in [-0.3, -0.25) is 10.1 Å². The van der Waals surface area contributed by atoms with Gasteiger partial charge in [0, 0.05) is 6.26 Å². The Morgan fingerprint density at radius 3 is 2.21 bits per heavy atom. The number of imide groups is 1. The molecule has 1 aromatic carbocycles. The van der Waals surface area contributed by atoms with E-state index in [0.717, 1.165) is 6.26 Å². The van der Waals surface area contributed by atoms with Gasteiger partial charge in [0.25, 0.3) is 5.91 Å². The monoisotopic (exact) mass is 286 g/mol. The number of carbonyl (C=O) groups is 2. The first-order valence-electron chi connectivity index (χ1n) is 5.27. The van der Waals surface area contributed by atoms with Gasteiger partial charge < -0.3 is 10.5 Å². The SMILES string of the molecule is C[C@@H](Oc1ccc(S(C)(=O)=O)cc1)C(=O)NC(N)=O. The van der Waals surface area contributed by atoms with Crippen molar-refractivity contribution in [3.63, 3.8) is 0 Å². The van der Waals surface area contributed by atoms with Crippen LogP contribution in [-0.2, 0) is 14.6 Å². The fourth-order valence-electron chi connectivity index (χ4n) is 1.25. The van der Waals surface area contributed by atoms with E-state index < -0.39 is 27.9 Å². The third-order valence-electron chi connectivity index (χ3n) is 2.18. The molecule has 0 spiro atoms. The molecule has 3 amide bonds. The van der Waals surface area contributed by atoms with Crippen molar-refractivity contribution in [3.8, 4) is 5.75 Å². The number of rotatable bonds is 4. The average Bonchev–Trinajstić information content (AvgIpc) is 2.27. The molecule has 104 valence electrons. The molecular weight excluding hydrogens is 272 g/mol. The summed E-state index contributed by atoms with van der Waals surface area (Å²) in [6.07, 6.45) is 0.155. The van der Waals surface area contributed by atoms with Crippen LogP contribution in [0.5, 0.6) is 5.75 Å². The van der Waals surface area contributed by atoms with E-state index in [4.69, 9.17) is 10.5 Å². The van der Waals surface area contributed by atoms with Crippen LogP contribution in [0.25, 0.3) is 0 Å². The molecule has 19 heavy (non-hydrogen) atoms. The van der Waals surface area contributed by atoms with Gasteiger partial charge in [-0.1, -0.05) is 0 Å². The fourth-order valence-corrected chi connectivity index (χ4v) is 1.88. The predicted molar refractivity (Wildman–Crippen MR) is 67.4 cm³/mol. The molecule has 0 aliphatic carbocycles. The van der Waals surface area contributed by atoms with Crippen LogP contribution in [0.1, 0.15) is 6.92 Å². The standard InChI is InChI=1S/C11H14N2O5S/c1-7(10(14)13-11(12)15)18-8-3-5-9(6-4-8)19(2,16)17/h3-7H,1-2H3,(H3,12,13,14,15)/t7-/m1/s1. The summed E-state index contributed by atoms with van der Waals surface area (Å²) in [4.78, 5) is 22.0. The molecule has 1 atom stereocenters. The van der Waals surface area contributed by atoms with E-state index in [1.165, 1.54) is 31.2 Å². The number of amides is 3. The van der Waals surface area contributed by atoms with Crippen molar-refractivity contribution in [2.24, 2.45) is 5.73 Å². The van der Waals surface area contributed by atoms with E-state index in [1.54, 1.807) is 0 Å². The first-order chi connectivity index (χ1) is 8.70. The quantitative estimate of drug-likeness (QED) is 0.811. The van der Waals surface area contributed by atoms with Gasteiger partial charge in [-0.15, -0.1) is 0 Å². The smallest absolute Gasteiger partial charge is 0.318 e. The lowest BCUT2D eigenvalue weighted by Crippen LogP contribution is -2.42. The van der Waals surface area contributed by atoms with Crippen molar-refractivity contribution in [2.45, 2.75) is 17.9 Å². The van der Waals surface area contributed by atoms with Crippen molar-refractivity contribution in [1.82, 2.24) is 5.32 Å². The van der Waals surface area contributed by atoms with E-state index in [1.807, 2.05) is 5.32 Å². The number of benzene rings is 1. The molecule has 1 rings (SSSR count). The van der Waals surface area contributed by atoms with Gasteiger partial charge >= 0.3 is 6.03 Å². The molecule has 0 aliphatic rings. The first kappa shape index (κ1) is 15.0. The number of hydrogen-bond acceptors (Lipinski definition) is 5. The number of hydrogen-bond donors (Lipinski definition) is 2. The summed E-state index contributed by atoms with van der Waals surface area (Å²) >= 11 is 0. The largest absolute Gasteiger partial charge is 0.481 e. The summed E-state index contributed by atoms with van der Waals surface area (Å²) in [6, 6.07) is 4.61. The van der Waals surface area contributed by atoms with E-state index in [0.29, 0.717) is 5.75 Å². The van der Waals surface area contributed by atoms with E-state index in [-0.39, 0.29) is 4.90 Å². The third kappa shape index (κ3) is 4.59. The average molecular weight is 286 g/mol. The molecule has 8 heteroatoms. The van der Waals surface area contributed by atoms with Gasteiger partial charge in [0.15, 0.2) is 15.9 Å².